The Labute approximate surface area is 389 Å². The molecule has 2 fully saturated rings. The summed E-state index contributed by atoms with van der Waals surface area (Å²) in [6, 6.07) is 28.2. The second-order valence-electron chi connectivity index (χ2n) is 17.0. The van der Waals surface area contributed by atoms with E-state index in [-0.39, 0.29) is 28.3 Å². The monoisotopic (exact) mass is 1000 g/mol. The Morgan fingerprint density at radius 1 is 0.645 bits per heavy atom. The molecule has 4 aromatic carbocycles. The minimum Gasteiger partial charge on any atom is -0.748 e. The van der Waals surface area contributed by atoms with E-state index in [4.69, 9.17) is 41.1 Å². The molecule has 6 rings (SSSR count). The number of rotatable bonds is 10. The summed E-state index contributed by atoms with van der Waals surface area (Å²) in [6.07, 6.45) is 15.1. The summed E-state index contributed by atoms with van der Waals surface area (Å²) in [4.78, 5) is 0. The van der Waals surface area contributed by atoms with E-state index >= 15 is 0 Å². The fraction of sp³-hybridized carbons (Fsp3) is 0.510. The molecule has 4 aromatic rings. The van der Waals surface area contributed by atoms with Gasteiger partial charge >= 0.3 is 20.4 Å². The molecular formula is C49H69NO8PPdS2-. The number of anilines is 1. The average Bonchev–Trinajstić information content (AvgIpc) is 3.20. The largest absolute Gasteiger partial charge is 2.00 e. The molecule has 0 atom stereocenters. The smallest absolute Gasteiger partial charge is 0.748 e. The maximum Gasteiger partial charge on any atom is 2.00 e. The maximum atomic E-state index is 9.08. The van der Waals surface area contributed by atoms with Gasteiger partial charge in [0.2, 0.25) is 0 Å². The Balaban J connectivity index is 0.000000448. The minimum atomic E-state index is -3.92. The van der Waals surface area contributed by atoms with E-state index in [1.54, 1.807) is 0 Å². The molecule has 0 radical (unpaired) electrons. The molecule has 62 heavy (non-hydrogen) atoms. The van der Waals surface area contributed by atoms with Crippen LogP contribution in [0.1, 0.15) is 140 Å². The van der Waals surface area contributed by atoms with E-state index in [9.17, 15) is 0 Å². The normalized spacial score (nSPS) is 14.8. The average molecular weight is 1000 g/mol. The second kappa shape index (κ2) is 26.2. The summed E-state index contributed by atoms with van der Waals surface area (Å²) in [6.45, 7) is 14.1. The molecule has 0 aliphatic heterocycles. The Hall–Kier alpha value is -2.81. The van der Waals surface area contributed by atoms with Crippen LogP contribution in [0.2, 0.25) is 0 Å². The topological polar surface area (TPSA) is 159 Å². The van der Waals surface area contributed by atoms with Gasteiger partial charge < -0.3 is 24.3 Å². The van der Waals surface area contributed by atoms with Crippen LogP contribution in [0.15, 0.2) is 72.8 Å². The van der Waals surface area contributed by atoms with Crippen molar-refractivity contribution in [3.63, 3.8) is 0 Å². The Morgan fingerprint density at radius 3 is 1.47 bits per heavy atom. The van der Waals surface area contributed by atoms with Crippen LogP contribution in [0, 0.1) is 6.07 Å². The zero-order valence-electron chi connectivity index (χ0n) is 38.3. The van der Waals surface area contributed by atoms with Crippen LogP contribution in [-0.4, -0.2) is 64.0 Å². The number of nitrogens with two attached hydrogens (primary N) is 1. The third-order valence-corrected chi connectivity index (χ3v) is 14.6. The van der Waals surface area contributed by atoms with E-state index in [0.29, 0.717) is 30.3 Å². The molecule has 0 spiro atoms. The number of ether oxygens (including phenoxy) is 2. The van der Waals surface area contributed by atoms with Crippen LogP contribution in [0.25, 0.3) is 22.3 Å². The summed E-state index contributed by atoms with van der Waals surface area (Å²) in [5, 5.41) is 1.52. The first-order valence-electron chi connectivity index (χ1n) is 21.5. The number of hydrogen-bond donors (Lipinski definition) is 1. The van der Waals surface area contributed by atoms with Crippen molar-refractivity contribution in [2.24, 2.45) is 0 Å². The Bertz CT molecular complexity index is 2090. The summed E-state index contributed by atoms with van der Waals surface area (Å²) in [5.74, 6) is 3.50. The van der Waals surface area contributed by atoms with Crippen molar-refractivity contribution in [2.75, 3.05) is 32.5 Å². The van der Waals surface area contributed by atoms with Gasteiger partial charge in [0, 0.05) is 23.4 Å². The van der Waals surface area contributed by atoms with Crippen molar-refractivity contribution >= 4 is 39.1 Å². The quantitative estimate of drug-likeness (QED) is 0.0536. The molecule has 2 aliphatic rings. The van der Waals surface area contributed by atoms with E-state index in [2.05, 4.69) is 71.9 Å². The third-order valence-electron chi connectivity index (χ3n) is 11.1. The molecule has 2 saturated carbocycles. The Morgan fingerprint density at radius 2 is 1.08 bits per heavy atom. The molecule has 0 saturated heterocycles. The number of hydrogen-bond acceptors (Lipinski definition) is 9. The molecular weight excluding hydrogens is 932 g/mol. The SMILES string of the molecule is COc1ccc(OC)c(P(C2CCCCC2)C2CCCCC2)c1-c1c(C(C)C)cc(C(C)C)cc1C(C)C.CS(=O)(=O)[O-].CS(=O)(=O)[O-].Nc1ccccc1-c1[c-]cccc1.[Pd+2]. The van der Waals surface area contributed by atoms with Crippen molar-refractivity contribution in [3.05, 3.63) is 95.6 Å². The van der Waals surface area contributed by atoms with Gasteiger partial charge in [-0.3, -0.25) is 0 Å². The summed E-state index contributed by atoms with van der Waals surface area (Å²) >= 11 is 0. The van der Waals surface area contributed by atoms with Crippen molar-refractivity contribution in [1.29, 1.82) is 0 Å². The number of methoxy groups -OCH3 is 2. The Kier molecular flexibility index (Phi) is 23.4. The van der Waals surface area contributed by atoms with Gasteiger partial charge in [-0.05, 0) is 101 Å². The van der Waals surface area contributed by atoms with Crippen LogP contribution in [0.4, 0.5) is 5.69 Å². The molecule has 13 heteroatoms. The zero-order chi connectivity index (χ0) is 45.5. The molecule has 2 N–H and O–H groups in total. The van der Waals surface area contributed by atoms with E-state index in [0.717, 1.165) is 39.6 Å². The first-order valence-corrected chi connectivity index (χ1v) is 26.6. The van der Waals surface area contributed by atoms with Crippen LogP contribution in [-0.2, 0) is 40.7 Å². The molecule has 0 amide bonds. The number of para-hydroxylation sites is 1. The van der Waals surface area contributed by atoms with Gasteiger partial charge in [-0.1, -0.05) is 124 Å². The molecule has 0 aromatic heterocycles. The van der Waals surface area contributed by atoms with Crippen LogP contribution in [0.5, 0.6) is 11.5 Å². The molecule has 0 unspecified atom stereocenters. The van der Waals surface area contributed by atoms with Crippen molar-refractivity contribution < 1.29 is 55.8 Å². The number of benzene rings is 4. The van der Waals surface area contributed by atoms with Gasteiger partial charge in [0.15, 0.2) is 0 Å². The first-order chi connectivity index (χ1) is 28.7. The van der Waals surface area contributed by atoms with Crippen molar-refractivity contribution in [3.8, 4) is 33.8 Å². The van der Waals surface area contributed by atoms with Crippen molar-refractivity contribution in [1.82, 2.24) is 0 Å². The molecule has 0 heterocycles. The molecule has 2 aliphatic carbocycles. The second-order valence-corrected chi connectivity index (χ2v) is 22.5. The van der Waals surface area contributed by atoms with Crippen LogP contribution in [0.3, 0.4) is 0 Å². The third kappa shape index (κ3) is 17.6. The standard InChI is InChI=1S/C35H53O2P.C12H10N.2CH4O3S.Pd/c1-23(2)26-21-29(24(3)4)33(30(22-26)25(5)6)34-31(36-7)19-20-32(37-8)35(34)38(27-15-11-9-12-16-27)28-17-13-10-14-18-28;13-12-9-5-4-8-11(12)10-6-2-1-3-7-10;2*1-5(2,3)4;/h19-25,27-28H,9-18H2,1-8H3;1-6,8-9H,13H2;2*1H3,(H,2,3,4);/q;-1;;;+2/p-2. The predicted octanol–water partition coefficient (Wildman–Crippen LogP) is 11.6. The minimum absolute atomic E-state index is 0. The van der Waals surface area contributed by atoms with Gasteiger partial charge in [0.1, 0.15) is 11.5 Å². The summed E-state index contributed by atoms with van der Waals surface area (Å²) in [5.41, 5.74) is 17.5. The van der Waals surface area contributed by atoms with Gasteiger partial charge in [-0.2, -0.15) is 0 Å². The van der Waals surface area contributed by atoms with E-state index < -0.39 is 20.2 Å². The van der Waals surface area contributed by atoms with Gasteiger partial charge in [0.05, 0.1) is 34.5 Å². The van der Waals surface area contributed by atoms with Crippen LogP contribution >= 0.6 is 7.92 Å². The maximum absolute atomic E-state index is 9.08. The van der Waals surface area contributed by atoms with Gasteiger partial charge in [0.25, 0.3) is 0 Å². The fourth-order valence-corrected chi connectivity index (χ4v) is 12.4. The van der Waals surface area contributed by atoms with Crippen molar-refractivity contribution in [2.45, 2.75) is 135 Å². The van der Waals surface area contributed by atoms with Gasteiger partial charge in [-0.15, -0.1) is 35.9 Å². The summed E-state index contributed by atoms with van der Waals surface area (Å²) < 4.78 is 67.0. The van der Waals surface area contributed by atoms with E-state index in [1.807, 2.05) is 62.8 Å². The zero-order valence-corrected chi connectivity index (χ0v) is 42.4. The summed E-state index contributed by atoms with van der Waals surface area (Å²) in [7, 11) is -4.45. The number of nitrogen functional groups attached to an aromatic ring is 1. The van der Waals surface area contributed by atoms with Gasteiger partial charge in [-0.25, -0.2) is 16.8 Å². The predicted molar refractivity (Wildman–Crippen MR) is 254 cm³/mol. The van der Waals surface area contributed by atoms with E-state index in [1.165, 1.54) is 97.3 Å². The first kappa shape index (κ1) is 55.3. The van der Waals surface area contributed by atoms with Crippen LogP contribution < -0.4 is 20.5 Å². The molecule has 0 bridgehead atoms. The molecule has 346 valence electrons. The fourth-order valence-electron chi connectivity index (χ4n) is 8.32. The molecule has 9 nitrogen and oxygen atoms in total.